The topological polar surface area (TPSA) is 115 Å². The van der Waals surface area contributed by atoms with Crippen LogP contribution in [0.25, 0.3) is 5.65 Å². The minimum absolute atomic E-state index is 0.0115. The molecule has 0 aromatic carbocycles. The SMILES string of the molecule is CNc1cc(Nc2cccn(C3CC(F)C3)c2=O)nc2c(C(=O)NC3CC[C@@H]3OC)cnn12. The van der Waals surface area contributed by atoms with Crippen LogP contribution in [0.4, 0.5) is 21.7 Å². The highest BCUT2D eigenvalue weighted by Crippen LogP contribution is 2.33. The van der Waals surface area contributed by atoms with Gasteiger partial charge >= 0.3 is 0 Å². The Bertz CT molecular complexity index is 1250. The zero-order valence-corrected chi connectivity index (χ0v) is 18.4. The molecule has 0 aliphatic heterocycles. The fourth-order valence-corrected chi connectivity index (χ4v) is 4.31. The lowest BCUT2D eigenvalue weighted by Crippen LogP contribution is -2.51. The Kier molecular flexibility index (Phi) is 5.49. The maximum Gasteiger partial charge on any atom is 0.274 e. The highest BCUT2D eigenvalue weighted by Gasteiger charge is 2.33. The Hall–Kier alpha value is -3.47. The van der Waals surface area contributed by atoms with Gasteiger partial charge in [-0.25, -0.2) is 9.37 Å². The molecule has 33 heavy (non-hydrogen) atoms. The van der Waals surface area contributed by atoms with Crippen LogP contribution in [0.5, 0.6) is 0 Å². The molecule has 0 spiro atoms. The fourth-order valence-electron chi connectivity index (χ4n) is 4.31. The number of hydrogen-bond acceptors (Lipinski definition) is 7. The number of aromatic nitrogens is 4. The van der Waals surface area contributed by atoms with Gasteiger partial charge in [-0.15, -0.1) is 0 Å². The average Bonchev–Trinajstić information content (AvgIpc) is 3.20. The number of carbonyl (C=O) groups is 1. The lowest BCUT2D eigenvalue weighted by atomic mass is 9.89. The van der Waals surface area contributed by atoms with Gasteiger partial charge in [0.15, 0.2) is 5.65 Å². The number of fused-ring (bicyclic) bond motifs is 1. The third-order valence-electron chi connectivity index (χ3n) is 6.49. The van der Waals surface area contributed by atoms with Crippen molar-refractivity contribution in [3.05, 3.63) is 46.5 Å². The number of carbonyl (C=O) groups excluding carboxylic acids is 1. The normalized spacial score (nSPS) is 24.1. The molecule has 3 N–H and O–H groups in total. The largest absolute Gasteiger partial charge is 0.379 e. The van der Waals surface area contributed by atoms with Crippen molar-refractivity contribution in [2.45, 2.75) is 50.0 Å². The molecule has 3 aromatic heterocycles. The molecule has 0 bridgehead atoms. The number of rotatable bonds is 7. The van der Waals surface area contributed by atoms with Crippen LogP contribution in [0.2, 0.25) is 0 Å². The van der Waals surface area contributed by atoms with Gasteiger partial charge in [-0.3, -0.25) is 9.59 Å². The van der Waals surface area contributed by atoms with Crippen LogP contribution in [-0.4, -0.2) is 57.5 Å². The molecule has 5 rings (SSSR count). The van der Waals surface area contributed by atoms with Gasteiger partial charge in [0.2, 0.25) is 0 Å². The molecule has 1 unspecified atom stereocenters. The Morgan fingerprint density at radius 3 is 2.79 bits per heavy atom. The summed E-state index contributed by atoms with van der Waals surface area (Å²) in [4.78, 5) is 30.4. The van der Waals surface area contributed by atoms with Crippen LogP contribution in [0.15, 0.2) is 35.4 Å². The van der Waals surface area contributed by atoms with Gasteiger partial charge < -0.3 is 25.3 Å². The van der Waals surface area contributed by atoms with Gasteiger partial charge in [-0.2, -0.15) is 9.61 Å². The highest BCUT2D eigenvalue weighted by atomic mass is 19.1. The molecule has 2 aliphatic carbocycles. The monoisotopic (exact) mass is 455 g/mol. The van der Waals surface area contributed by atoms with Gasteiger partial charge in [0, 0.05) is 32.5 Å². The predicted molar refractivity (Wildman–Crippen MR) is 121 cm³/mol. The minimum atomic E-state index is -0.855. The third kappa shape index (κ3) is 3.82. The molecule has 3 aromatic rings. The van der Waals surface area contributed by atoms with Gasteiger partial charge in [-0.05, 0) is 37.8 Å². The van der Waals surface area contributed by atoms with E-state index in [1.54, 1.807) is 43.1 Å². The molecular weight excluding hydrogens is 429 g/mol. The molecule has 0 radical (unpaired) electrons. The number of anilines is 3. The highest BCUT2D eigenvalue weighted by molar-refractivity contribution is 6.00. The molecule has 174 valence electrons. The summed E-state index contributed by atoms with van der Waals surface area (Å²) in [5.74, 6) is 0.693. The van der Waals surface area contributed by atoms with Crippen LogP contribution in [0.1, 0.15) is 42.1 Å². The summed E-state index contributed by atoms with van der Waals surface area (Å²) < 4.78 is 21.7. The molecule has 1 amide bonds. The Labute approximate surface area is 189 Å². The van der Waals surface area contributed by atoms with E-state index < -0.39 is 6.17 Å². The first kappa shape index (κ1) is 21.4. The molecule has 2 aliphatic rings. The molecule has 3 heterocycles. The van der Waals surface area contributed by atoms with E-state index in [-0.39, 0.29) is 29.7 Å². The Morgan fingerprint density at radius 2 is 2.12 bits per heavy atom. The second kappa shape index (κ2) is 8.47. The number of hydrogen-bond donors (Lipinski definition) is 3. The summed E-state index contributed by atoms with van der Waals surface area (Å²) in [6.45, 7) is 0. The summed E-state index contributed by atoms with van der Waals surface area (Å²) in [5.41, 5.74) is 0.752. The molecule has 2 saturated carbocycles. The van der Waals surface area contributed by atoms with Gasteiger partial charge in [-0.1, -0.05) is 0 Å². The number of nitrogens with one attached hydrogen (secondary N) is 3. The van der Waals surface area contributed by atoms with E-state index in [1.807, 2.05) is 0 Å². The lowest BCUT2D eigenvalue weighted by molar-refractivity contribution is 0.00732. The zero-order chi connectivity index (χ0) is 23.1. The first-order valence-electron chi connectivity index (χ1n) is 11.0. The molecule has 0 saturated heterocycles. The summed E-state index contributed by atoms with van der Waals surface area (Å²) in [6.07, 6.45) is 4.76. The maximum absolute atomic E-state index is 13.3. The maximum atomic E-state index is 13.3. The van der Waals surface area contributed by atoms with Gasteiger partial charge in [0.05, 0.1) is 18.3 Å². The number of nitrogens with zero attached hydrogens (tertiary/aromatic N) is 4. The number of halogens is 1. The number of alkyl halides is 1. The molecule has 2 atom stereocenters. The summed E-state index contributed by atoms with van der Waals surface area (Å²) in [7, 11) is 3.37. The first-order valence-corrected chi connectivity index (χ1v) is 11.0. The Balaban J connectivity index is 1.45. The van der Waals surface area contributed by atoms with Crippen molar-refractivity contribution in [1.82, 2.24) is 24.5 Å². The van der Waals surface area contributed by atoms with Crippen molar-refractivity contribution in [3.63, 3.8) is 0 Å². The van der Waals surface area contributed by atoms with Gasteiger partial charge in [0.1, 0.15) is 29.1 Å². The smallest absolute Gasteiger partial charge is 0.274 e. The van der Waals surface area contributed by atoms with Crippen LogP contribution in [0.3, 0.4) is 0 Å². The van der Waals surface area contributed by atoms with Crippen molar-refractivity contribution < 1.29 is 13.9 Å². The van der Waals surface area contributed by atoms with E-state index in [4.69, 9.17) is 4.74 Å². The Morgan fingerprint density at radius 1 is 1.30 bits per heavy atom. The third-order valence-corrected chi connectivity index (χ3v) is 6.49. The van der Waals surface area contributed by atoms with E-state index >= 15 is 0 Å². The summed E-state index contributed by atoms with van der Waals surface area (Å²) in [5, 5.41) is 13.4. The van der Waals surface area contributed by atoms with Crippen LogP contribution in [-0.2, 0) is 4.74 Å². The summed E-state index contributed by atoms with van der Waals surface area (Å²) in [6, 6.07) is 4.92. The standard InChI is InChI=1S/C22H26FN7O3/c1-24-19-10-18(26-16-4-3-7-29(22(16)32)13-8-12(23)9-13)28-20-14(11-25-30(19)20)21(31)27-15-5-6-17(15)33-2/h3-4,7,10-13,15,17,24H,5-6,8-9H2,1-2H3,(H,26,28)(H,27,31)/t12?,13?,15?,17-/m0/s1. The van der Waals surface area contributed by atoms with Gasteiger partial charge in [0.25, 0.3) is 11.5 Å². The van der Waals surface area contributed by atoms with Crippen molar-refractivity contribution in [3.8, 4) is 0 Å². The molecule has 11 heteroatoms. The van der Waals surface area contributed by atoms with E-state index in [2.05, 4.69) is 26.0 Å². The quantitative estimate of drug-likeness (QED) is 0.501. The van der Waals surface area contributed by atoms with E-state index in [1.165, 1.54) is 10.7 Å². The van der Waals surface area contributed by atoms with Crippen molar-refractivity contribution in [1.29, 1.82) is 0 Å². The van der Waals surface area contributed by atoms with Crippen LogP contribution < -0.4 is 21.5 Å². The number of pyridine rings is 1. The lowest BCUT2D eigenvalue weighted by Gasteiger charge is -2.35. The zero-order valence-electron chi connectivity index (χ0n) is 18.4. The van der Waals surface area contributed by atoms with Crippen molar-refractivity contribution in [2.75, 3.05) is 24.8 Å². The first-order chi connectivity index (χ1) is 16.0. The molecule has 10 nitrogen and oxygen atoms in total. The number of methoxy groups -OCH3 is 1. The minimum Gasteiger partial charge on any atom is -0.379 e. The second-order valence-corrected chi connectivity index (χ2v) is 8.48. The van der Waals surface area contributed by atoms with Crippen molar-refractivity contribution >= 4 is 28.9 Å². The van der Waals surface area contributed by atoms with Crippen molar-refractivity contribution in [2.24, 2.45) is 0 Å². The molecular formula is C22H26FN7O3. The van der Waals surface area contributed by atoms with Crippen LogP contribution in [0, 0.1) is 0 Å². The molecule has 2 fully saturated rings. The van der Waals surface area contributed by atoms with E-state index in [0.717, 1.165) is 12.8 Å². The number of ether oxygens (including phenoxy) is 1. The summed E-state index contributed by atoms with van der Waals surface area (Å²) >= 11 is 0. The van der Waals surface area contributed by atoms with E-state index in [0.29, 0.717) is 41.4 Å². The van der Waals surface area contributed by atoms with E-state index in [9.17, 15) is 14.0 Å². The average molecular weight is 455 g/mol. The predicted octanol–water partition coefficient (Wildman–Crippen LogP) is 2.26. The number of amides is 1. The second-order valence-electron chi connectivity index (χ2n) is 8.48. The van der Waals surface area contributed by atoms with Crippen LogP contribution >= 0.6 is 0 Å². The fraction of sp³-hybridized carbons (Fsp3) is 0.455.